The maximum Gasteiger partial charge on any atom is 0.245 e. The molecular formula is C15H27N3O3. The lowest BCUT2D eigenvalue weighted by Crippen LogP contribution is -2.52. The van der Waals surface area contributed by atoms with E-state index in [9.17, 15) is 9.59 Å². The van der Waals surface area contributed by atoms with Crippen LogP contribution in [0.4, 0.5) is 0 Å². The highest BCUT2D eigenvalue weighted by Crippen LogP contribution is 2.29. The maximum atomic E-state index is 12.4. The summed E-state index contributed by atoms with van der Waals surface area (Å²) >= 11 is 0. The van der Waals surface area contributed by atoms with Crippen molar-refractivity contribution in [1.29, 1.82) is 0 Å². The maximum absolute atomic E-state index is 12.4. The first-order chi connectivity index (χ1) is 10.0. The fourth-order valence-corrected chi connectivity index (χ4v) is 3.29. The van der Waals surface area contributed by atoms with E-state index in [0.717, 1.165) is 38.5 Å². The number of carbonyl (C=O) groups excluding carboxylic acids is 2. The van der Waals surface area contributed by atoms with Crippen LogP contribution in [0.1, 0.15) is 44.9 Å². The van der Waals surface area contributed by atoms with Gasteiger partial charge in [-0.15, -0.1) is 0 Å². The second-order valence-electron chi connectivity index (χ2n) is 6.40. The predicted octanol–water partition coefficient (Wildman–Crippen LogP) is -0.00810. The van der Waals surface area contributed by atoms with Gasteiger partial charge in [0.15, 0.2) is 0 Å². The van der Waals surface area contributed by atoms with E-state index in [0.29, 0.717) is 6.04 Å². The highest BCUT2D eigenvalue weighted by Gasteiger charge is 2.34. The molecule has 0 aromatic heterocycles. The molecule has 2 aliphatic carbocycles. The van der Waals surface area contributed by atoms with Gasteiger partial charge in [0.25, 0.3) is 0 Å². The molecule has 21 heavy (non-hydrogen) atoms. The topological polar surface area (TPSA) is 95.7 Å². The molecule has 6 heteroatoms. The van der Waals surface area contributed by atoms with E-state index in [1.165, 1.54) is 6.42 Å². The van der Waals surface area contributed by atoms with Crippen molar-refractivity contribution < 1.29 is 14.7 Å². The number of carbonyl (C=O) groups is 2. The molecule has 2 fully saturated rings. The molecule has 0 radical (unpaired) electrons. The van der Waals surface area contributed by atoms with Gasteiger partial charge in [-0.3, -0.25) is 9.59 Å². The lowest BCUT2D eigenvalue weighted by Gasteiger charge is -2.38. The summed E-state index contributed by atoms with van der Waals surface area (Å²) in [5, 5.41) is 11.5. The Labute approximate surface area is 126 Å². The number of nitrogens with one attached hydrogen (secondary N) is 1. The first-order valence-electron chi connectivity index (χ1n) is 7.95. The minimum absolute atomic E-state index is 0.0579. The van der Waals surface area contributed by atoms with E-state index in [1.54, 1.807) is 0 Å². The highest BCUT2D eigenvalue weighted by atomic mass is 16.3. The number of hydrogen-bond donors (Lipinski definition) is 3. The second-order valence-corrected chi connectivity index (χ2v) is 6.40. The third-order valence-corrected chi connectivity index (χ3v) is 5.04. The van der Waals surface area contributed by atoms with Crippen molar-refractivity contribution in [3.63, 3.8) is 0 Å². The highest BCUT2D eigenvalue weighted by molar-refractivity contribution is 5.82. The summed E-state index contributed by atoms with van der Waals surface area (Å²) in [6.07, 6.45) is 6.73. The Morgan fingerprint density at radius 2 is 1.86 bits per heavy atom. The van der Waals surface area contributed by atoms with Gasteiger partial charge in [0, 0.05) is 19.1 Å². The van der Waals surface area contributed by atoms with Crippen LogP contribution in [0.5, 0.6) is 0 Å². The van der Waals surface area contributed by atoms with Crippen molar-refractivity contribution in [2.24, 2.45) is 11.7 Å². The smallest absolute Gasteiger partial charge is 0.245 e. The third kappa shape index (κ3) is 3.95. The van der Waals surface area contributed by atoms with Gasteiger partial charge in [0.05, 0.1) is 6.04 Å². The number of nitrogens with zero attached hydrogens (tertiary/aromatic N) is 1. The van der Waals surface area contributed by atoms with Crippen molar-refractivity contribution >= 4 is 11.8 Å². The molecule has 2 saturated carbocycles. The van der Waals surface area contributed by atoms with E-state index >= 15 is 0 Å². The summed E-state index contributed by atoms with van der Waals surface area (Å²) in [5.41, 5.74) is 6.16. The average molecular weight is 297 g/mol. The van der Waals surface area contributed by atoms with Gasteiger partial charge in [0.1, 0.15) is 6.61 Å². The van der Waals surface area contributed by atoms with Crippen LogP contribution in [0, 0.1) is 5.92 Å². The van der Waals surface area contributed by atoms with Crippen LogP contribution >= 0.6 is 0 Å². The lowest BCUT2D eigenvalue weighted by atomic mass is 9.81. The summed E-state index contributed by atoms with van der Waals surface area (Å²) in [6, 6.07) is 0.0568. The number of rotatable bonds is 5. The molecule has 0 unspecified atom stereocenters. The van der Waals surface area contributed by atoms with Crippen LogP contribution in [0.25, 0.3) is 0 Å². The van der Waals surface area contributed by atoms with E-state index in [2.05, 4.69) is 5.32 Å². The molecule has 4 N–H and O–H groups in total. The van der Waals surface area contributed by atoms with Crippen LogP contribution in [0.2, 0.25) is 0 Å². The molecule has 0 heterocycles. The minimum atomic E-state index is -0.468. The van der Waals surface area contributed by atoms with Gasteiger partial charge in [0.2, 0.25) is 11.8 Å². The van der Waals surface area contributed by atoms with Crippen LogP contribution in [-0.2, 0) is 9.59 Å². The monoisotopic (exact) mass is 297 g/mol. The molecule has 1 atom stereocenters. The Hall–Kier alpha value is -1.14. The van der Waals surface area contributed by atoms with Crippen LogP contribution in [0.3, 0.4) is 0 Å². The molecule has 0 aliphatic heterocycles. The zero-order chi connectivity index (χ0) is 15.4. The van der Waals surface area contributed by atoms with E-state index in [1.807, 2.05) is 11.9 Å². The Bertz CT molecular complexity index is 376. The van der Waals surface area contributed by atoms with Gasteiger partial charge < -0.3 is 21.1 Å². The Morgan fingerprint density at radius 3 is 2.33 bits per heavy atom. The third-order valence-electron chi connectivity index (χ3n) is 5.04. The SMILES string of the molecule is CN(C(=O)[C@@H](N)C1CCC(NC(=O)CO)CC1)C1CCC1. The molecule has 0 aromatic carbocycles. The summed E-state index contributed by atoms with van der Waals surface area (Å²) < 4.78 is 0. The van der Waals surface area contributed by atoms with Crippen molar-refractivity contribution in [1.82, 2.24) is 10.2 Å². The van der Waals surface area contributed by atoms with Crippen molar-refractivity contribution in [2.45, 2.75) is 63.1 Å². The second kappa shape index (κ2) is 7.22. The Balaban J connectivity index is 1.78. The van der Waals surface area contributed by atoms with Crippen molar-refractivity contribution in [3.05, 3.63) is 0 Å². The van der Waals surface area contributed by atoms with E-state index in [4.69, 9.17) is 10.8 Å². The van der Waals surface area contributed by atoms with Gasteiger partial charge in [-0.05, 0) is 50.9 Å². The summed E-state index contributed by atoms with van der Waals surface area (Å²) in [7, 11) is 1.86. The molecule has 0 spiro atoms. The van der Waals surface area contributed by atoms with Gasteiger partial charge in [-0.1, -0.05) is 0 Å². The molecule has 0 aromatic rings. The van der Waals surface area contributed by atoms with Gasteiger partial charge >= 0.3 is 0 Å². The summed E-state index contributed by atoms with van der Waals surface area (Å²) in [6.45, 7) is -0.468. The number of aliphatic hydroxyl groups is 1. The molecular weight excluding hydrogens is 270 g/mol. The quantitative estimate of drug-likeness (QED) is 0.665. The fraction of sp³-hybridized carbons (Fsp3) is 0.867. The number of likely N-dealkylation sites (N-methyl/N-ethyl adjacent to an activating group) is 1. The standard InChI is InChI=1S/C15H27N3O3/c1-18(12-3-2-4-12)15(21)14(16)10-5-7-11(8-6-10)17-13(20)9-19/h10-12,14,19H,2-9,16H2,1H3,(H,17,20)/t10?,11?,14-/m0/s1. The van der Waals surface area contributed by atoms with Gasteiger partial charge in [-0.2, -0.15) is 0 Å². The number of amides is 2. The lowest BCUT2D eigenvalue weighted by molar-refractivity contribution is -0.136. The number of nitrogens with two attached hydrogens (primary N) is 1. The number of aliphatic hydroxyl groups excluding tert-OH is 1. The summed E-state index contributed by atoms with van der Waals surface area (Å²) in [4.78, 5) is 25.4. The average Bonchev–Trinajstić information content (AvgIpc) is 2.44. The molecule has 2 amide bonds. The van der Waals surface area contributed by atoms with Crippen molar-refractivity contribution in [3.8, 4) is 0 Å². The Morgan fingerprint density at radius 1 is 1.24 bits per heavy atom. The zero-order valence-corrected chi connectivity index (χ0v) is 12.8. The van der Waals surface area contributed by atoms with E-state index < -0.39 is 12.6 Å². The minimum Gasteiger partial charge on any atom is -0.387 e. The van der Waals surface area contributed by atoms with Crippen LogP contribution in [0.15, 0.2) is 0 Å². The Kier molecular flexibility index (Phi) is 5.58. The molecule has 6 nitrogen and oxygen atoms in total. The summed E-state index contributed by atoms with van der Waals surface area (Å²) in [5.74, 6) is -0.0756. The molecule has 0 bridgehead atoms. The molecule has 2 aliphatic rings. The number of hydrogen-bond acceptors (Lipinski definition) is 4. The first kappa shape index (κ1) is 16.2. The largest absolute Gasteiger partial charge is 0.387 e. The van der Waals surface area contributed by atoms with Gasteiger partial charge in [-0.25, -0.2) is 0 Å². The molecule has 120 valence electrons. The predicted molar refractivity (Wildman–Crippen MR) is 79.4 cm³/mol. The van der Waals surface area contributed by atoms with Crippen molar-refractivity contribution in [2.75, 3.05) is 13.7 Å². The molecule has 2 rings (SSSR count). The first-order valence-corrected chi connectivity index (χ1v) is 7.95. The van der Waals surface area contributed by atoms with Crippen LogP contribution < -0.4 is 11.1 Å². The normalized spacial score (nSPS) is 27.6. The fourth-order valence-electron chi connectivity index (χ4n) is 3.29. The van der Waals surface area contributed by atoms with E-state index in [-0.39, 0.29) is 23.8 Å². The van der Waals surface area contributed by atoms with Crippen LogP contribution in [-0.4, -0.2) is 53.6 Å². The molecule has 0 saturated heterocycles. The zero-order valence-electron chi connectivity index (χ0n) is 12.8.